The molecule has 0 nitrogen and oxygen atoms in total. The molecule has 1 aromatic carbocycles. The van der Waals surface area contributed by atoms with Crippen LogP contribution in [0.4, 0.5) is 0 Å². The van der Waals surface area contributed by atoms with Crippen LogP contribution in [-0.2, 0) is 12.8 Å². The molecular weight excluding hydrogens is 155 g/mol. The minimum absolute atomic E-state index is 0.949. The Hall–Kier alpha value is -1.24. The first-order chi connectivity index (χ1) is 6.29. The fraction of sp³-hybridized carbons (Fsp3) is 0.167. The highest BCUT2D eigenvalue weighted by atomic mass is 14.0. The lowest BCUT2D eigenvalue weighted by molar-refractivity contribution is 1.17. The lowest BCUT2D eigenvalue weighted by Gasteiger charge is -2.08. The number of hydrogen-bond acceptors (Lipinski definition) is 0. The highest BCUT2D eigenvalue weighted by Crippen LogP contribution is 2.08. The summed E-state index contributed by atoms with van der Waals surface area (Å²) in [5.41, 5.74) is 4.12. The largest absolute Gasteiger partial charge is 0.139 e. The van der Waals surface area contributed by atoms with E-state index in [1.165, 1.54) is 16.6 Å². The average Bonchev–Trinajstić information content (AvgIpc) is 2.11. The topological polar surface area (TPSA) is 0 Å². The number of rotatable bonds is 4. The third-order valence-electron chi connectivity index (χ3n) is 2.22. The smallest absolute Gasteiger partial charge is 0.103 e. The summed E-state index contributed by atoms with van der Waals surface area (Å²) in [6, 6.07) is 6.40. The summed E-state index contributed by atoms with van der Waals surface area (Å²) in [5, 5.41) is 0. The van der Waals surface area contributed by atoms with E-state index >= 15 is 0 Å². The van der Waals surface area contributed by atoms with Gasteiger partial charge in [-0.05, 0) is 24.0 Å². The minimum atomic E-state index is 0.949. The second kappa shape index (κ2) is 4.71. The molecule has 1 rings (SSSR count). The quantitative estimate of drug-likeness (QED) is 0.473. The van der Waals surface area contributed by atoms with Gasteiger partial charge in [-0.25, -0.2) is 0 Å². The third-order valence-corrected chi connectivity index (χ3v) is 2.22. The van der Waals surface area contributed by atoms with Crippen LogP contribution < -0.4 is 5.46 Å². The molecule has 0 aliphatic carbocycles. The van der Waals surface area contributed by atoms with E-state index in [4.69, 9.17) is 0 Å². The molecule has 66 valence electrons. The second-order valence-electron chi connectivity index (χ2n) is 3.20. The molecule has 0 heterocycles. The van der Waals surface area contributed by atoms with Crippen molar-refractivity contribution < 1.29 is 0 Å². The van der Waals surface area contributed by atoms with E-state index in [-0.39, 0.29) is 0 Å². The molecule has 0 aromatic heterocycles. The van der Waals surface area contributed by atoms with Crippen LogP contribution in [0.1, 0.15) is 11.1 Å². The molecule has 0 spiro atoms. The summed E-state index contributed by atoms with van der Waals surface area (Å²) in [6.45, 7) is 7.53. The van der Waals surface area contributed by atoms with Crippen molar-refractivity contribution >= 4 is 13.3 Å². The van der Waals surface area contributed by atoms with Gasteiger partial charge in [0.05, 0.1) is 0 Å². The molecule has 13 heavy (non-hydrogen) atoms. The summed E-state index contributed by atoms with van der Waals surface area (Å²) in [7, 11) is 2.14. The van der Waals surface area contributed by atoms with Crippen molar-refractivity contribution in [2.45, 2.75) is 12.8 Å². The molecule has 0 saturated carbocycles. The van der Waals surface area contributed by atoms with Crippen LogP contribution in [0, 0.1) is 0 Å². The normalized spacial score (nSPS) is 9.54. The molecule has 0 atom stereocenters. The molecule has 0 aliphatic rings. The minimum Gasteiger partial charge on any atom is -0.103 e. The maximum Gasteiger partial charge on any atom is 0.139 e. The summed E-state index contributed by atoms with van der Waals surface area (Å²) in [6.07, 6.45) is 5.80. The van der Waals surface area contributed by atoms with Crippen molar-refractivity contribution in [3.8, 4) is 0 Å². The molecule has 1 aromatic rings. The van der Waals surface area contributed by atoms with Gasteiger partial charge < -0.3 is 0 Å². The molecule has 1 heteroatoms. The SMILES string of the molecule is Bc1cccc(CC=C)c1CC=C. The third kappa shape index (κ3) is 2.35. The van der Waals surface area contributed by atoms with Crippen molar-refractivity contribution in [1.82, 2.24) is 0 Å². The Morgan fingerprint density at radius 3 is 2.46 bits per heavy atom. The lowest BCUT2D eigenvalue weighted by atomic mass is 9.85. The second-order valence-corrected chi connectivity index (χ2v) is 3.20. The van der Waals surface area contributed by atoms with Crippen LogP contribution in [0.2, 0.25) is 0 Å². The maximum atomic E-state index is 3.77. The molecule has 0 aliphatic heterocycles. The number of benzene rings is 1. The molecule has 0 radical (unpaired) electrons. The van der Waals surface area contributed by atoms with Crippen molar-refractivity contribution in [2.24, 2.45) is 0 Å². The standard InChI is InChI=1S/C12H15B/c1-3-6-10-8-5-9-12(13)11(10)7-4-2/h3-5,8-9H,1-2,6-7,13H2. The highest BCUT2D eigenvalue weighted by Gasteiger charge is 2.01. The Labute approximate surface area is 81.4 Å². The van der Waals surface area contributed by atoms with E-state index in [1.807, 2.05) is 12.2 Å². The zero-order chi connectivity index (χ0) is 9.68. The van der Waals surface area contributed by atoms with Crippen LogP contribution in [0.3, 0.4) is 0 Å². The Balaban J connectivity index is 3.08. The average molecular weight is 170 g/mol. The van der Waals surface area contributed by atoms with E-state index in [9.17, 15) is 0 Å². The lowest BCUT2D eigenvalue weighted by Crippen LogP contribution is -2.12. The Morgan fingerprint density at radius 1 is 1.15 bits per heavy atom. The zero-order valence-electron chi connectivity index (χ0n) is 8.22. The molecule has 0 unspecified atom stereocenters. The molecule has 0 saturated heterocycles. The molecule has 0 bridgehead atoms. The predicted octanol–water partition coefficient (Wildman–Crippen LogP) is 1.40. The summed E-state index contributed by atoms with van der Waals surface area (Å²) < 4.78 is 0. The van der Waals surface area contributed by atoms with Gasteiger partial charge in [-0.3, -0.25) is 0 Å². The molecule has 0 amide bonds. The fourth-order valence-corrected chi connectivity index (χ4v) is 1.55. The van der Waals surface area contributed by atoms with E-state index in [0.717, 1.165) is 12.8 Å². The van der Waals surface area contributed by atoms with Crippen LogP contribution in [-0.4, -0.2) is 7.85 Å². The van der Waals surface area contributed by atoms with Crippen molar-refractivity contribution in [2.75, 3.05) is 0 Å². The van der Waals surface area contributed by atoms with Gasteiger partial charge in [0.1, 0.15) is 7.85 Å². The van der Waals surface area contributed by atoms with Gasteiger partial charge >= 0.3 is 0 Å². The van der Waals surface area contributed by atoms with Crippen LogP contribution in [0.15, 0.2) is 43.5 Å². The number of allylic oxidation sites excluding steroid dienone is 2. The maximum absolute atomic E-state index is 3.77. The van der Waals surface area contributed by atoms with Gasteiger partial charge in [-0.2, -0.15) is 0 Å². The van der Waals surface area contributed by atoms with Crippen molar-refractivity contribution in [3.63, 3.8) is 0 Å². The Bertz CT molecular complexity index is 313. The van der Waals surface area contributed by atoms with Crippen molar-refractivity contribution in [1.29, 1.82) is 0 Å². The molecular formula is C12H15B. The van der Waals surface area contributed by atoms with Crippen LogP contribution in [0.5, 0.6) is 0 Å². The summed E-state index contributed by atoms with van der Waals surface area (Å²) >= 11 is 0. The molecule has 0 fully saturated rings. The summed E-state index contributed by atoms with van der Waals surface area (Å²) in [5.74, 6) is 0. The molecule has 0 N–H and O–H groups in total. The Kier molecular flexibility index (Phi) is 3.57. The van der Waals surface area contributed by atoms with Gasteiger partial charge in [-0.15, -0.1) is 13.2 Å². The monoisotopic (exact) mass is 170 g/mol. The van der Waals surface area contributed by atoms with Gasteiger partial charge in [0.25, 0.3) is 0 Å². The fourth-order valence-electron chi connectivity index (χ4n) is 1.55. The summed E-state index contributed by atoms with van der Waals surface area (Å²) in [4.78, 5) is 0. The first-order valence-corrected chi connectivity index (χ1v) is 4.58. The van der Waals surface area contributed by atoms with Gasteiger partial charge in [0.2, 0.25) is 0 Å². The van der Waals surface area contributed by atoms with Crippen molar-refractivity contribution in [3.05, 3.63) is 54.6 Å². The van der Waals surface area contributed by atoms with E-state index < -0.39 is 0 Å². The van der Waals surface area contributed by atoms with Gasteiger partial charge in [0.15, 0.2) is 0 Å². The van der Waals surface area contributed by atoms with E-state index in [2.05, 4.69) is 39.2 Å². The predicted molar refractivity (Wildman–Crippen MR) is 62.4 cm³/mol. The van der Waals surface area contributed by atoms with Gasteiger partial charge in [0, 0.05) is 0 Å². The number of hydrogen-bond donors (Lipinski definition) is 0. The zero-order valence-corrected chi connectivity index (χ0v) is 8.22. The van der Waals surface area contributed by atoms with E-state index in [1.54, 1.807) is 0 Å². The van der Waals surface area contributed by atoms with E-state index in [0.29, 0.717) is 0 Å². The first-order valence-electron chi connectivity index (χ1n) is 4.58. The highest BCUT2D eigenvalue weighted by molar-refractivity contribution is 6.33. The van der Waals surface area contributed by atoms with Crippen LogP contribution >= 0.6 is 0 Å². The van der Waals surface area contributed by atoms with Gasteiger partial charge in [-0.1, -0.05) is 35.8 Å². The van der Waals surface area contributed by atoms with Crippen LogP contribution in [0.25, 0.3) is 0 Å². The Morgan fingerprint density at radius 2 is 1.85 bits per heavy atom. The first kappa shape index (κ1) is 9.85.